The normalized spacial score (nSPS) is 11.5. The molecule has 0 aliphatic carbocycles. The molecule has 0 aliphatic heterocycles. The zero-order valence-electron chi connectivity index (χ0n) is 12.3. The first-order chi connectivity index (χ1) is 10.7. The second-order valence-corrected chi connectivity index (χ2v) is 5.88. The van der Waals surface area contributed by atoms with Crippen molar-refractivity contribution in [1.82, 2.24) is 20.1 Å². The SMILES string of the molecule is Cc1nc(C)c(-c2ccc(=O)n(CCNC(=O)C(F)(F)F)n2)s1. The Kier molecular flexibility index (Phi) is 4.83. The molecular weight excluding hydrogens is 333 g/mol. The van der Waals surface area contributed by atoms with Gasteiger partial charge in [-0.25, -0.2) is 9.67 Å². The topological polar surface area (TPSA) is 76.9 Å². The molecule has 2 rings (SSSR count). The second-order valence-electron chi connectivity index (χ2n) is 4.68. The number of hydrogen-bond acceptors (Lipinski definition) is 5. The van der Waals surface area contributed by atoms with Gasteiger partial charge in [-0.2, -0.15) is 18.3 Å². The molecule has 0 aliphatic rings. The van der Waals surface area contributed by atoms with E-state index >= 15 is 0 Å². The van der Waals surface area contributed by atoms with E-state index in [-0.39, 0.29) is 13.1 Å². The highest BCUT2D eigenvalue weighted by Gasteiger charge is 2.38. The summed E-state index contributed by atoms with van der Waals surface area (Å²) in [6.45, 7) is 3.13. The minimum atomic E-state index is -4.95. The number of halogens is 3. The van der Waals surface area contributed by atoms with Crippen LogP contribution in [0, 0.1) is 13.8 Å². The fraction of sp³-hybridized carbons (Fsp3) is 0.385. The first-order valence-corrected chi connectivity index (χ1v) is 7.37. The van der Waals surface area contributed by atoms with Gasteiger partial charge < -0.3 is 5.32 Å². The molecule has 0 saturated heterocycles. The summed E-state index contributed by atoms with van der Waals surface area (Å²) in [6.07, 6.45) is -4.95. The summed E-state index contributed by atoms with van der Waals surface area (Å²) in [5.74, 6) is -2.05. The van der Waals surface area contributed by atoms with Crippen molar-refractivity contribution in [2.75, 3.05) is 6.54 Å². The van der Waals surface area contributed by atoms with Crippen LogP contribution in [0.2, 0.25) is 0 Å². The predicted octanol–water partition coefficient (Wildman–Crippen LogP) is 1.66. The van der Waals surface area contributed by atoms with E-state index in [2.05, 4.69) is 10.1 Å². The van der Waals surface area contributed by atoms with Gasteiger partial charge in [-0.15, -0.1) is 11.3 Å². The van der Waals surface area contributed by atoms with Crippen LogP contribution in [-0.4, -0.2) is 33.4 Å². The van der Waals surface area contributed by atoms with Crippen molar-refractivity contribution in [1.29, 1.82) is 0 Å². The standard InChI is InChI=1S/C13H13F3N4O2S/c1-7-11(23-8(2)18-7)9-3-4-10(21)20(19-9)6-5-17-12(22)13(14,15)16/h3-4H,5-6H2,1-2H3,(H,17,22). The second kappa shape index (κ2) is 6.49. The van der Waals surface area contributed by atoms with E-state index in [0.29, 0.717) is 5.69 Å². The third-order valence-electron chi connectivity index (χ3n) is 2.87. The maximum atomic E-state index is 12.1. The quantitative estimate of drug-likeness (QED) is 0.913. The zero-order chi connectivity index (χ0) is 17.2. The number of amides is 1. The molecule has 1 amide bonds. The van der Waals surface area contributed by atoms with Gasteiger partial charge in [-0.1, -0.05) is 0 Å². The van der Waals surface area contributed by atoms with Crippen LogP contribution in [0.5, 0.6) is 0 Å². The number of carbonyl (C=O) groups is 1. The summed E-state index contributed by atoms with van der Waals surface area (Å²) >= 11 is 1.41. The number of rotatable bonds is 4. The minimum Gasteiger partial charge on any atom is -0.346 e. The summed E-state index contributed by atoms with van der Waals surface area (Å²) in [7, 11) is 0. The van der Waals surface area contributed by atoms with Crippen LogP contribution in [0.25, 0.3) is 10.6 Å². The Morgan fingerprint density at radius 3 is 2.61 bits per heavy atom. The van der Waals surface area contributed by atoms with Crippen LogP contribution < -0.4 is 10.9 Å². The molecule has 0 saturated carbocycles. The van der Waals surface area contributed by atoms with Gasteiger partial charge in [0.1, 0.15) is 5.69 Å². The lowest BCUT2D eigenvalue weighted by Gasteiger charge is -2.09. The van der Waals surface area contributed by atoms with Crippen LogP contribution in [-0.2, 0) is 11.3 Å². The van der Waals surface area contributed by atoms with Crippen LogP contribution in [0.15, 0.2) is 16.9 Å². The van der Waals surface area contributed by atoms with E-state index in [1.165, 1.54) is 23.5 Å². The minimum absolute atomic E-state index is 0.161. The zero-order valence-corrected chi connectivity index (χ0v) is 13.1. The fourth-order valence-electron chi connectivity index (χ4n) is 1.87. The van der Waals surface area contributed by atoms with Gasteiger partial charge in [0, 0.05) is 12.6 Å². The maximum Gasteiger partial charge on any atom is 0.471 e. The highest BCUT2D eigenvalue weighted by Crippen LogP contribution is 2.27. The third-order valence-corrected chi connectivity index (χ3v) is 3.96. The summed E-state index contributed by atoms with van der Waals surface area (Å²) in [4.78, 5) is 27.5. The maximum absolute atomic E-state index is 12.1. The Labute approximate surface area is 133 Å². The smallest absolute Gasteiger partial charge is 0.346 e. The number of alkyl halides is 3. The van der Waals surface area contributed by atoms with Crippen LogP contribution >= 0.6 is 11.3 Å². The lowest BCUT2D eigenvalue weighted by Crippen LogP contribution is -2.39. The molecule has 0 radical (unpaired) electrons. The molecule has 0 bridgehead atoms. The Morgan fingerprint density at radius 2 is 2.04 bits per heavy atom. The average Bonchev–Trinajstić information content (AvgIpc) is 2.78. The molecule has 2 aromatic rings. The van der Waals surface area contributed by atoms with Gasteiger partial charge in [-0.05, 0) is 19.9 Å². The van der Waals surface area contributed by atoms with Crippen LogP contribution in [0.1, 0.15) is 10.7 Å². The molecule has 0 aromatic carbocycles. The fourth-order valence-corrected chi connectivity index (χ4v) is 2.76. The van der Waals surface area contributed by atoms with Crippen molar-refractivity contribution in [2.24, 2.45) is 0 Å². The third kappa shape index (κ3) is 4.15. The van der Waals surface area contributed by atoms with Crippen molar-refractivity contribution in [3.8, 4) is 10.6 Å². The summed E-state index contributed by atoms with van der Waals surface area (Å²) < 4.78 is 37.3. The Balaban J connectivity index is 2.14. The first-order valence-electron chi connectivity index (χ1n) is 6.56. The van der Waals surface area contributed by atoms with E-state index in [0.717, 1.165) is 20.3 Å². The van der Waals surface area contributed by atoms with Crippen LogP contribution in [0.3, 0.4) is 0 Å². The molecule has 2 aromatic heterocycles. The monoisotopic (exact) mass is 346 g/mol. The predicted molar refractivity (Wildman–Crippen MR) is 78.1 cm³/mol. The molecule has 0 unspecified atom stereocenters. The van der Waals surface area contributed by atoms with E-state index in [1.807, 2.05) is 6.92 Å². The Bertz CT molecular complexity index is 782. The number of carbonyl (C=O) groups excluding carboxylic acids is 1. The van der Waals surface area contributed by atoms with E-state index in [1.54, 1.807) is 12.2 Å². The van der Waals surface area contributed by atoms with Gasteiger partial charge in [0.25, 0.3) is 5.56 Å². The number of thiazole rings is 1. The molecule has 124 valence electrons. The Hall–Kier alpha value is -2.23. The summed E-state index contributed by atoms with van der Waals surface area (Å²) in [5, 5.41) is 6.66. The number of aryl methyl sites for hydroxylation is 2. The van der Waals surface area contributed by atoms with Gasteiger partial charge in [-0.3, -0.25) is 9.59 Å². The summed E-state index contributed by atoms with van der Waals surface area (Å²) in [5.41, 5.74) is 0.805. The molecule has 10 heteroatoms. The molecule has 23 heavy (non-hydrogen) atoms. The van der Waals surface area contributed by atoms with E-state index in [9.17, 15) is 22.8 Å². The molecule has 0 fully saturated rings. The van der Waals surface area contributed by atoms with Gasteiger partial charge >= 0.3 is 12.1 Å². The highest BCUT2D eigenvalue weighted by atomic mass is 32.1. The van der Waals surface area contributed by atoms with Gasteiger partial charge in [0.05, 0.1) is 22.1 Å². The lowest BCUT2D eigenvalue weighted by molar-refractivity contribution is -0.173. The number of nitrogens with zero attached hydrogens (tertiary/aromatic N) is 3. The molecule has 6 nitrogen and oxygen atoms in total. The molecule has 2 heterocycles. The van der Waals surface area contributed by atoms with E-state index in [4.69, 9.17) is 0 Å². The highest BCUT2D eigenvalue weighted by molar-refractivity contribution is 7.15. The van der Waals surface area contributed by atoms with Gasteiger partial charge in [0.2, 0.25) is 0 Å². The van der Waals surface area contributed by atoms with E-state index < -0.39 is 17.6 Å². The summed E-state index contributed by atoms with van der Waals surface area (Å²) in [6, 6.07) is 2.81. The van der Waals surface area contributed by atoms with Crippen molar-refractivity contribution < 1.29 is 18.0 Å². The first kappa shape index (κ1) is 17.1. The van der Waals surface area contributed by atoms with Crippen LogP contribution in [0.4, 0.5) is 13.2 Å². The lowest BCUT2D eigenvalue weighted by atomic mass is 10.3. The molecular formula is C13H13F3N4O2S. The molecule has 1 N–H and O–H groups in total. The van der Waals surface area contributed by atoms with Crippen molar-refractivity contribution >= 4 is 17.2 Å². The number of nitrogens with one attached hydrogen (secondary N) is 1. The molecule has 0 atom stereocenters. The Morgan fingerprint density at radius 1 is 1.35 bits per heavy atom. The van der Waals surface area contributed by atoms with Crippen molar-refractivity contribution in [2.45, 2.75) is 26.6 Å². The number of aromatic nitrogens is 3. The average molecular weight is 346 g/mol. The van der Waals surface area contributed by atoms with Crippen molar-refractivity contribution in [3.05, 3.63) is 33.2 Å². The number of hydrogen-bond donors (Lipinski definition) is 1. The molecule has 0 spiro atoms. The van der Waals surface area contributed by atoms with Gasteiger partial charge in [0.15, 0.2) is 0 Å². The largest absolute Gasteiger partial charge is 0.471 e. The van der Waals surface area contributed by atoms with Crippen molar-refractivity contribution in [3.63, 3.8) is 0 Å².